The number of aliphatic hydroxyl groups excluding tert-OH is 4. The Morgan fingerprint density at radius 3 is 1.92 bits per heavy atom. The maximum Gasteiger partial charge on any atom is 0.0800 e. The monoisotopic (exact) mass is 192 g/mol. The molecule has 0 aromatic rings. The van der Waals surface area contributed by atoms with Crippen molar-refractivity contribution in [3.8, 4) is 0 Å². The molecule has 0 fully saturated rings. The SMILES string of the molecule is CCCC(O)C(O)CCC(O)CO. The Bertz CT molecular complexity index is 118. The predicted octanol–water partition coefficient (Wildman–Crippen LogP) is -0.358. The number of rotatable bonds is 7. The second kappa shape index (κ2) is 7.26. The van der Waals surface area contributed by atoms with Crippen LogP contribution in [-0.4, -0.2) is 45.3 Å². The molecule has 0 saturated heterocycles. The van der Waals surface area contributed by atoms with E-state index in [2.05, 4.69) is 0 Å². The topological polar surface area (TPSA) is 80.9 Å². The third-order valence-corrected chi connectivity index (χ3v) is 2.03. The molecule has 0 saturated carbocycles. The maximum absolute atomic E-state index is 9.35. The summed E-state index contributed by atoms with van der Waals surface area (Å²) in [4.78, 5) is 0. The lowest BCUT2D eigenvalue weighted by molar-refractivity contribution is -0.00352. The molecule has 4 N–H and O–H groups in total. The van der Waals surface area contributed by atoms with E-state index in [1.807, 2.05) is 6.92 Å². The Balaban J connectivity index is 3.54. The molecule has 0 aromatic carbocycles. The summed E-state index contributed by atoms with van der Waals surface area (Å²) in [5.74, 6) is 0. The minimum atomic E-state index is -0.791. The van der Waals surface area contributed by atoms with Crippen LogP contribution in [0.25, 0.3) is 0 Å². The van der Waals surface area contributed by atoms with Crippen LogP contribution in [0.2, 0.25) is 0 Å². The second-order valence-electron chi connectivity index (χ2n) is 3.34. The van der Waals surface area contributed by atoms with Gasteiger partial charge in [0.15, 0.2) is 0 Å². The van der Waals surface area contributed by atoms with Crippen molar-refractivity contribution >= 4 is 0 Å². The molecule has 80 valence electrons. The van der Waals surface area contributed by atoms with Gasteiger partial charge in [-0.05, 0) is 19.3 Å². The Kier molecular flexibility index (Phi) is 7.17. The van der Waals surface area contributed by atoms with Gasteiger partial charge in [-0.1, -0.05) is 13.3 Å². The molecule has 13 heavy (non-hydrogen) atoms. The van der Waals surface area contributed by atoms with Crippen molar-refractivity contribution in [1.29, 1.82) is 0 Å². The van der Waals surface area contributed by atoms with Gasteiger partial charge in [0.1, 0.15) is 0 Å². The smallest absolute Gasteiger partial charge is 0.0800 e. The number of aliphatic hydroxyl groups is 4. The zero-order valence-corrected chi connectivity index (χ0v) is 8.06. The van der Waals surface area contributed by atoms with E-state index >= 15 is 0 Å². The van der Waals surface area contributed by atoms with Crippen LogP contribution in [0.4, 0.5) is 0 Å². The van der Waals surface area contributed by atoms with Crippen molar-refractivity contribution in [2.24, 2.45) is 0 Å². The molecular formula is C9H20O4. The minimum absolute atomic E-state index is 0.295. The number of hydrogen-bond donors (Lipinski definition) is 4. The van der Waals surface area contributed by atoms with Gasteiger partial charge in [-0.25, -0.2) is 0 Å². The largest absolute Gasteiger partial charge is 0.394 e. The molecule has 0 bridgehead atoms. The van der Waals surface area contributed by atoms with E-state index in [0.29, 0.717) is 19.3 Å². The van der Waals surface area contributed by atoms with Crippen LogP contribution in [0.1, 0.15) is 32.6 Å². The molecule has 0 aliphatic rings. The van der Waals surface area contributed by atoms with Gasteiger partial charge in [-0.2, -0.15) is 0 Å². The van der Waals surface area contributed by atoms with Crippen LogP contribution in [-0.2, 0) is 0 Å². The molecule has 0 aromatic heterocycles. The first-order valence-electron chi connectivity index (χ1n) is 4.76. The lowest BCUT2D eigenvalue weighted by Gasteiger charge is -2.17. The fraction of sp³-hybridized carbons (Fsp3) is 1.00. The fourth-order valence-corrected chi connectivity index (χ4v) is 1.13. The summed E-state index contributed by atoms with van der Waals surface area (Å²) in [5, 5.41) is 36.1. The molecule has 0 amide bonds. The number of hydrogen-bond acceptors (Lipinski definition) is 4. The molecule has 3 unspecified atom stereocenters. The standard InChI is InChI=1S/C9H20O4/c1-2-3-8(12)9(13)5-4-7(11)6-10/h7-13H,2-6H2,1H3. The highest BCUT2D eigenvalue weighted by Gasteiger charge is 2.16. The molecule has 0 rings (SSSR count). The third-order valence-electron chi connectivity index (χ3n) is 2.03. The molecule has 4 nitrogen and oxygen atoms in total. The van der Waals surface area contributed by atoms with Crippen LogP contribution in [0.3, 0.4) is 0 Å². The molecule has 0 spiro atoms. The van der Waals surface area contributed by atoms with Crippen LogP contribution in [0, 0.1) is 0 Å². The highest BCUT2D eigenvalue weighted by Crippen LogP contribution is 2.09. The zero-order chi connectivity index (χ0) is 10.3. The van der Waals surface area contributed by atoms with E-state index in [4.69, 9.17) is 10.2 Å². The normalized spacial score (nSPS) is 18.2. The minimum Gasteiger partial charge on any atom is -0.394 e. The summed E-state index contributed by atoms with van der Waals surface area (Å²) >= 11 is 0. The van der Waals surface area contributed by atoms with Gasteiger partial charge in [0.05, 0.1) is 24.9 Å². The van der Waals surface area contributed by atoms with Crippen molar-refractivity contribution in [2.75, 3.05) is 6.61 Å². The van der Waals surface area contributed by atoms with Gasteiger partial charge in [0, 0.05) is 0 Å². The summed E-state index contributed by atoms with van der Waals surface area (Å²) in [7, 11) is 0. The van der Waals surface area contributed by atoms with Crippen molar-refractivity contribution in [3.63, 3.8) is 0 Å². The van der Waals surface area contributed by atoms with Crippen molar-refractivity contribution in [2.45, 2.75) is 50.9 Å². The van der Waals surface area contributed by atoms with Gasteiger partial charge >= 0.3 is 0 Å². The van der Waals surface area contributed by atoms with Crippen LogP contribution >= 0.6 is 0 Å². The lowest BCUT2D eigenvalue weighted by atomic mass is 10.0. The van der Waals surface area contributed by atoms with Gasteiger partial charge in [-0.15, -0.1) is 0 Å². The molecule has 0 aliphatic heterocycles. The van der Waals surface area contributed by atoms with Crippen LogP contribution < -0.4 is 0 Å². The van der Waals surface area contributed by atoms with Crippen LogP contribution in [0.5, 0.6) is 0 Å². The third kappa shape index (κ3) is 5.99. The van der Waals surface area contributed by atoms with E-state index in [-0.39, 0.29) is 6.61 Å². The van der Waals surface area contributed by atoms with Gasteiger partial charge in [0.25, 0.3) is 0 Å². The van der Waals surface area contributed by atoms with Gasteiger partial charge in [-0.3, -0.25) is 0 Å². The van der Waals surface area contributed by atoms with Crippen molar-refractivity contribution in [1.82, 2.24) is 0 Å². The Labute approximate surface area is 78.8 Å². The Morgan fingerprint density at radius 2 is 1.46 bits per heavy atom. The van der Waals surface area contributed by atoms with E-state index in [0.717, 1.165) is 6.42 Å². The average molecular weight is 192 g/mol. The van der Waals surface area contributed by atoms with Gasteiger partial charge in [0.2, 0.25) is 0 Å². The Hall–Kier alpha value is -0.160. The summed E-state index contributed by atoms with van der Waals surface area (Å²) < 4.78 is 0. The Morgan fingerprint density at radius 1 is 0.923 bits per heavy atom. The predicted molar refractivity (Wildman–Crippen MR) is 49.2 cm³/mol. The fourth-order valence-electron chi connectivity index (χ4n) is 1.13. The quantitative estimate of drug-likeness (QED) is 0.444. The van der Waals surface area contributed by atoms with Crippen LogP contribution in [0.15, 0.2) is 0 Å². The van der Waals surface area contributed by atoms with E-state index in [1.165, 1.54) is 0 Å². The summed E-state index contributed by atoms with van der Waals surface area (Å²) in [6.45, 7) is 1.63. The molecule has 0 radical (unpaired) electrons. The summed E-state index contributed by atoms with van der Waals surface area (Å²) in [5.41, 5.74) is 0. The van der Waals surface area contributed by atoms with Gasteiger partial charge < -0.3 is 20.4 Å². The summed E-state index contributed by atoms with van der Waals surface area (Å²) in [6.07, 6.45) is -0.265. The molecular weight excluding hydrogens is 172 g/mol. The van der Waals surface area contributed by atoms with Crippen molar-refractivity contribution < 1.29 is 20.4 Å². The lowest BCUT2D eigenvalue weighted by Crippen LogP contribution is -2.27. The highest BCUT2D eigenvalue weighted by atomic mass is 16.3. The molecule has 4 heteroatoms. The van der Waals surface area contributed by atoms with E-state index < -0.39 is 18.3 Å². The molecule has 3 atom stereocenters. The molecule has 0 aliphatic carbocycles. The molecule has 0 heterocycles. The second-order valence-corrected chi connectivity index (χ2v) is 3.34. The van der Waals surface area contributed by atoms with E-state index in [1.54, 1.807) is 0 Å². The first-order valence-corrected chi connectivity index (χ1v) is 4.76. The first-order chi connectivity index (χ1) is 6.11. The summed E-state index contributed by atoms with van der Waals surface area (Å²) in [6, 6.07) is 0. The highest BCUT2D eigenvalue weighted by molar-refractivity contribution is 4.68. The average Bonchev–Trinajstić information content (AvgIpc) is 2.13. The van der Waals surface area contributed by atoms with Crippen molar-refractivity contribution in [3.05, 3.63) is 0 Å². The van der Waals surface area contributed by atoms with E-state index in [9.17, 15) is 10.2 Å². The zero-order valence-electron chi connectivity index (χ0n) is 8.06. The maximum atomic E-state index is 9.35. The first kappa shape index (κ1) is 12.8.